The monoisotopic (exact) mass is 473 g/mol. The summed E-state index contributed by atoms with van der Waals surface area (Å²) >= 11 is 0. The van der Waals surface area contributed by atoms with Gasteiger partial charge in [-0.1, -0.05) is 48.5 Å². The van der Waals surface area contributed by atoms with Crippen LogP contribution in [0.1, 0.15) is 28.2 Å². The molecule has 1 unspecified atom stereocenters. The van der Waals surface area contributed by atoms with Crippen molar-refractivity contribution in [1.82, 2.24) is 5.32 Å². The third kappa shape index (κ3) is 4.73. The Morgan fingerprint density at radius 2 is 1.56 bits per heavy atom. The summed E-state index contributed by atoms with van der Waals surface area (Å²) in [4.78, 5) is 24.0. The van der Waals surface area contributed by atoms with Crippen molar-refractivity contribution in [2.75, 3.05) is 6.61 Å². The molecule has 1 aliphatic rings. The molecule has 34 heavy (non-hydrogen) atoms. The summed E-state index contributed by atoms with van der Waals surface area (Å²) in [5.74, 6) is -2.80. The fourth-order valence-electron chi connectivity index (χ4n) is 4.11. The van der Waals surface area contributed by atoms with Crippen LogP contribution in [0, 0.1) is 5.82 Å². The minimum atomic E-state index is -4.72. The molecule has 0 aliphatic heterocycles. The molecule has 0 bridgehead atoms. The van der Waals surface area contributed by atoms with Gasteiger partial charge in [-0.05, 0) is 46.0 Å². The zero-order chi connectivity index (χ0) is 24.5. The van der Waals surface area contributed by atoms with E-state index in [2.05, 4.69) is 5.32 Å². The maximum absolute atomic E-state index is 14.0. The number of hydrogen-bond donors (Lipinski definition) is 2. The molecule has 4 rings (SSSR count). The van der Waals surface area contributed by atoms with Gasteiger partial charge in [0.25, 0.3) is 0 Å². The van der Waals surface area contributed by atoms with Crippen molar-refractivity contribution in [3.63, 3.8) is 0 Å². The smallest absolute Gasteiger partial charge is 0.416 e. The number of carboxylic acid groups (broad SMARTS) is 1. The number of benzene rings is 3. The number of nitrogens with one attached hydrogen (secondary N) is 1. The van der Waals surface area contributed by atoms with Crippen molar-refractivity contribution in [2.45, 2.75) is 24.6 Å². The summed E-state index contributed by atoms with van der Waals surface area (Å²) in [6, 6.07) is 15.3. The Morgan fingerprint density at radius 1 is 0.971 bits per heavy atom. The lowest BCUT2D eigenvalue weighted by atomic mass is 9.98. The summed E-state index contributed by atoms with van der Waals surface area (Å²) in [5.41, 5.74) is 2.33. The summed E-state index contributed by atoms with van der Waals surface area (Å²) in [6.45, 7) is -0.0792. The Labute approximate surface area is 192 Å². The first-order chi connectivity index (χ1) is 16.1. The highest BCUT2D eigenvalue weighted by Crippen LogP contribution is 2.44. The van der Waals surface area contributed by atoms with Crippen LogP contribution >= 0.6 is 0 Å². The van der Waals surface area contributed by atoms with Gasteiger partial charge in [-0.15, -0.1) is 0 Å². The molecule has 0 radical (unpaired) electrons. The molecule has 3 aromatic rings. The third-order valence-corrected chi connectivity index (χ3v) is 5.73. The number of carboxylic acids is 1. The largest absolute Gasteiger partial charge is 0.480 e. The number of rotatable bonds is 6. The second-order valence-corrected chi connectivity index (χ2v) is 7.87. The van der Waals surface area contributed by atoms with Gasteiger partial charge < -0.3 is 15.2 Å². The standard InChI is InChI=1S/C25H19F4NO4/c26-21-10-9-15(25(27,28)29)11-14(21)12-22(23(31)32)30-24(33)34-13-20-18-7-3-1-5-16(18)17-6-2-4-8-19(17)20/h1-11,20,22H,12-13H2,(H,30,33)(H,31,32). The predicted molar refractivity (Wildman–Crippen MR) is 115 cm³/mol. The molecule has 176 valence electrons. The highest BCUT2D eigenvalue weighted by atomic mass is 19.4. The predicted octanol–water partition coefficient (Wildman–Crippen LogP) is 5.38. The van der Waals surface area contributed by atoms with Crippen LogP contribution in [0.3, 0.4) is 0 Å². The lowest BCUT2D eigenvalue weighted by molar-refractivity contribution is -0.139. The third-order valence-electron chi connectivity index (χ3n) is 5.73. The molecule has 1 amide bonds. The SMILES string of the molecule is O=C(NC(Cc1cc(C(F)(F)F)ccc1F)C(=O)O)OCC1c2ccccc2-c2ccccc21. The first-order valence-electron chi connectivity index (χ1n) is 10.3. The van der Waals surface area contributed by atoms with E-state index in [-0.39, 0.29) is 12.5 Å². The minimum Gasteiger partial charge on any atom is -0.480 e. The van der Waals surface area contributed by atoms with Crippen LogP contribution in [0.5, 0.6) is 0 Å². The quantitative estimate of drug-likeness (QED) is 0.472. The van der Waals surface area contributed by atoms with E-state index in [9.17, 15) is 32.3 Å². The number of carbonyl (C=O) groups excluding carboxylic acids is 1. The van der Waals surface area contributed by atoms with E-state index in [1.54, 1.807) is 0 Å². The van der Waals surface area contributed by atoms with E-state index in [1.807, 2.05) is 48.5 Å². The highest BCUT2D eigenvalue weighted by molar-refractivity contribution is 5.81. The molecule has 0 spiro atoms. The van der Waals surface area contributed by atoms with E-state index in [0.717, 1.165) is 22.3 Å². The van der Waals surface area contributed by atoms with Crippen LogP contribution in [0.15, 0.2) is 66.7 Å². The maximum Gasteiger partial charge on any atom is 0.416 e. The fraction of sp³-hybridized carbons (Fsp3) is 0.200. The molecule has 0 heterocycles. The topological polar surface area (TPSA) is 75.6 Å². The van der Waals surface area contributed by atoms with Crippen molar-refractivity contribution in [2.24, 2.45) is 0 Å². The van der Waals surface area contributed by atoms with Gasteiger partial charge in [0.05, 0.1) is 5.56 Å². The molecular weight excluding hydrogens is 454 g/mol. The second kappa shape index (κ2) is 9.17. The average Bonchev–Trinajstić information content (AvgIpc) is 3.11. The van der Waals surface area contributed by atoms with Crippen LogP contribution in [-0.4, -0.2) is 29.8 Å². The van der Waals surface area contributed by atoms with Crippen molar-refractivity contribution in [3.05, 3.63) is 94.8 Å². The van der Waals surface area contributed by atoms with Gasteiger partial charge in [-0.3, -0.25) is 0 Å². The first kappa shape index (κ1) is 23.3. The van der Waals surface area contributed by atoms with Crippen LogP contribution in [-0.2, 0) is 22.1 Å². The summed E-state index contributed by atoms with van der Waals surface area (Å²) < 4.78 is 58.1. The van der Waals surface area contributed by atoms with Crippen LogP contribution in [0.2, 0.25) is 0 Å². The van der Waals surface area contributed by atoms with Gasteiger partial charge in [-0.2, -0.15) is 13.2 Å². The van der Waals surface area contributed by atoms with Crippen molar-refractivity contribution < 1.29 is 37.0 Å². The summed E-state index contributed by atoms with van der Waals surface area (Å²) in [6.07, 6.45) is -6.47. The molecule has 0 fully saturated rings. The van der Waals surface area contributed by atoms with Gasteiger partial charge in [0.1, 0.15) is 18.5 Å². The number of hydrogen-bond acceptors (Lipinski definition) is 3. The molecule has 5 nitrogen and oxygen atoms in total. The van der Waals surface area contributed by atoms with Crippen molar-refractivity contribution >= 4 is 12.1 Å². The molecule has 3 aromatic carbocycles. The summed E-state index contributed by atoms with van der Waals surface area (Å²) in [5, 5.41) is 11.5. The lowest BCUT2D eigenvalue weighted by Crippen LogP contribution is -2.43. The van der Waals surface area contributed by atoms with Crippen LogP contribution in [0.25, 0.3) is 11.1 Å². The molecule has 0 aromatic heterocycles. The Hall–Kier alpha value is -3.88. The molecular formula is C25H19F4NO4. The molecule has 1 atom stereocenters. The van der Waals surface area contributed by atoms with Gasteiger partial charge in [-0.25, -0.2) is 14.0 Å². The van der Waals surface area contributed by atoms with Gasteiger partial charge in [0, 0.05) is 12.3 Å². The van der Waals surface area contributed by atoms with Gasteiger partial charge >= 0.3 is 18.2 Å². The van der Waals surface area contributed by atoms with Gasteiger partial charge in [0.2, 0.25) is 0 Å². The molecule has 1 aliphatic carbocycles. The number of alkyl halides is 3. The zero-order valence-corrected chi connectivity index (χ0v) is 17.6. The molecule has 0 saturated heterocycles. The van der Waals surface area contributed by atoms with E-state index in [4.69, 9.17) is 4.74 Å². The number of aliphatic carboxylic acids is 1. The Morgan fingerprint density at radius 3 is 2.12 bits per heavy atom. The van der Waals surface area contributed by atoms with Crippen molar-refractivity contribution in [3.8, 4) is 11.1 Å². The minimum absolute atomic E-state index is 0.0792. The van der Waals surface area contributed by atoms with Crippen LogP contribution < -0.4 is 5.32 Å². The number of halogens is 4. The molecule has 0 saturated carbocycles. The number of alkyl carbamates (subject to hydrolysis) is 1. The number of amides is 1. The fourth-order valence-corrected chi connectivity index (χ4v) is 4.11. The van der Waals surface area contributed by atoms with Gasteiger partial charge in [0.15, 0.2) is 0 Å². The molecule has 2 N–H and O–H groups in total. The Kier molecular flexibility index (Phi) is 6.28. The molecule has 9 heteroatoms. The normalized spacial score (nSPS) is 13.6. The van der Waals surface area contributed by atoms with E-state index in [1.165, 1.54) is 0 Å². The number of fused-ring (bicyclic) bond motifs is 3. The van der Waals surface area contributed by atoms with Crippen LogP contribution in [0.4, 0.5) is 22.4 Å². The maximum atomic E-state index is 14.0. The highest BCUT2D eigenvalue weighted by Gasteiger charge is 2.33. The van der Waals surface area contributed by atoms with E-state index < -0.39 is 47.6 Å². The Bertz CT molecular complexity index is 1200. The number of ether oxygens (including phenoxy) is 1. The summed E-state index contributed by atoms with van der Waals surface area (Å²) in [7, 11) is 0. The second-order valence-electron chi connectivity index (χ2n) is 7.87. The Balaban J connectivity index is 1.46. The van der Waals surface area contributed by atoms with E-state index in [0.29, 0.717) is 18.2 Å². The van der Waals surface area contributed by atoms with Crippen molar-refractivity contribution in [1.29, 1.82) is 0 Å². The van der Waals surface area contributed by atoms with E-state index >= 15 is 0 Å². The number of carbonyl (C=O) groups is 2. The average molecular weight is 473 g/mol. The first-order valence-corrected chi connectivity index (χ1v) is 10.3. The lowest BCUT2D eigenvalue weighted by Gasteiger charge is -2.18. The zero-order valence-electron chi connectivity index (χ0n) is 17.6.